The number of hydrogen-bond donors (Lipinski definition) is 1. The van der Waals surface area contributed by atoms with Crippen molar-refractivity contribution in [1.82, 2.24) is 5.32 Å². The minimum absolute atomic E-state index is 0.625. The normalized spacial score (nSPS) is 14.2. The van der Waals surface area contributed by atoms with Crippen molar-refractivity contribution < 1.29 is 0 Å². The predicted octanol–water partition coefficient (Wildman–Crippen LogP) is 3.20. The van der Waals surface area contributed by atoms with E-state index in [4.69, 9.17) is 0 Å². The fourth-order valence-corrected chi connectivity index (χ4v) is 1.66. The first-order chi connectivity index (χ1) is 5.56. The van der Waals surface area contributed by atoms with Gasteiger partial charge in [0.05, 0.1) is 0 Å². The Bertz CT molecular complexity index is 87.2. The Morgan fingerprint density at radius 1 is 1.08 bits per heavy atom. The summed E-state index contributed by atoms with van der Waals surface area (Å²) < 4.78 is 0. The highest BCUT2D eigenvalue weighted by molar-refractivity contribution is 4.70. The van der Waals surface area contributed by atoms with Crippen LogP contribution < -0.4 is 5.32 Å². The molecule has 0 spiro atoms. The smallest absolute Gasteiger partial charge is 0.00717 e. The Kier molecular flexibility index (Phi) is 6.45. The first-order valence-electron chi connectivity index (χ1n) is 5.32. The summed E-state index contributed by atoms with van der Waals surface area (Å²) in [7, 11) is 0. The zero-order valence-corrected chi connectivity index (χ0v) is 9.35. The molecule has 12 heavy (non-hydrogen) atoms. The second-order valence-electron chi connectivity index (χ2n) is 4.44. The van der Waals surface area contributed by atoms with Crippen LogP contribution in [0.5, 0.6) is 0 Å². The van der Waals surface area contributed by atoms with E-state index in [1.54, 1.807) is 0 Å². The van der Waals surface area contributed by atoms with Crippen LogP contribution in [0.4, 0.5) is 0 Å². The molecule has 0 aromatic rings. The van der Waals surface area contributed by atoms with Crippen molar-refractivity contribution in [1.29, 1.82) is 0 Å². The minimum Gasteiger partial charge on any atom is -0.312 e. The van der Waals surface area contributed by atoms with Crippen molar-refractivity contribution in [2.24, 2.45) is 5.92 Å². The van der Waals surface area contributed by atoms with E-state index in [1.165, 1.54) is 19.3 Å². The summed E-state index contributed by atoms with van der Waals surface area (Å²) in [6.07, 6.45) is 3.92. The van der Waals surface area contributed by atoms with Gasteiger partial charge in [0.1, 0.15) is 0 Å². The van der Waals surface area contributed by atoms with E-state index in [2.05, 4.69) is 39.9 Å². The van der Waals surface area contributed by atoms with Crippen LogP contribution >= 0.6 is 0 Å². The zero-order valence-electron chi connectivity index (χ0n) is 9.35. The average molecular weight is 171 g/mol. The van der Waals surface area contributed by atoms with E-state index in [0.717, 1.165) is 12.0 Å². The van der Waals surface area contributed by atoms with Gasteiger partial charge in [0, 0.05) is 12.1 Å². The maximum absolute atomic E-state index is 3.61. The van der Waals surface area contributed by atoms with E-state index in [9.17, 15) is 0 Å². The molecule has 0 heterocycles. The third-order valence-electron chi connectivity index (χ3n) is 1.96. The van der Waals surface area contributed by atoms with E-state index >= 15 is 0 Å². The molecule has 1 nitrogen and oxygen atoms in total. The van der Waals surface area contributed by atoms with Gasteiger partial charge in [0.25, 0.3) is 0 Å². The van der Waals surface area contributed by atoms with Crippen LogP contribution in [-0.2, 0) is 0 Å². The summed E-state index contributed by atoms with van der Waals surface area (Å²) in [6.45, 7) is 11.3. The van der Waals surface area contributed by atoms with Crippen molar-refractivity contribution in [3.8, 4) is 0 Å². The van der Waals surface area contributed by atoms with E-state index < -0.39 is 0 Å². The Morgan fingerprint density at radius 3 is 2.00 bits per heavy atom. The molecule has 0 saturated heterocycles. The van der Waals surface area contributed by atoms with Crippen LogP contribution in [0.2, 0.25) is 0 Å². The van der Waals surface area contributed by atoms with Gasteiger partial charge in [-0.3, -0.25) is 0 Å². The molecule has 0 aliphatic heterocycles. The summed E-state index contributed by atoms with van der Waals surface area (Å²) in [5.74, 6) is 0.813. The van der Waals surface area contributed by atoms with Crippen molar-refractivity contribution in [3.63, 3.8) is 0 Å². The lowest BCUT2D eigenvalue weighted by atomic mass is 9.99. The predicted molar refractivity (Wildman–Crippen MR) is 56.4 cm³/mol. The Hall–Kier alpha value is -0.0400. The van der Waals surface area contributed by atoms with E-state index in [1.807, 2.05) is 0 Å². The molecule has 0 aromatic heterocycles. The SMILES string of the molecule is CCCC(CC(C)C)NC(C)C. The summed E-state index contributed by atoms with van der Waals surface area (Å²) in [5.41, 5.74) is 0. The molecule has 74 valence electrons. The fourth-order valence-electron chi connectivity index (χ4n) is 1.66. The molecule has 1 heteroatoms. The van der Waals surface area contributed by atoms with Crippen LogP contribution in [0, 0.1) is 5.92 Å². The van der Waals surface area contributed by atoms with Gasteiger partial charge in [-0.05, 0) is 18.8 Å². The van der Waals surface area contributed by atoms with Gasteiger partial charge in [-0.1, -0.05) is 41.0 Å². The van der Waals surface area contributed by atoms with Gasteiger partial charge in [-0.25, -0.2) is 0 Å². The van der Waals surface area contributed by atoms with Crippen LogP contribution in [0.25, 0.3) is 0 Å². The van der Waals surface area contributed by atoms with Crippen molar-refractivity contribution in [2.45, 2.75) is 66.0 Å². The topological polar surface area (TPSA) is 12.0 Å². The maximum Gasteiger partial charge on any atom is 0.00717 e. The highest BCUT2D eigenvalue weighted by atomic mass is 14.9. The molecule has 0 fully saturated rings. The van der Waals surface area contributed by atoms with Crippen LogP contribution in [0.15, 0.2) is 0 Å². The van der Waals surface area contributed by atoms with E-state index in [0.29, 0.717) is 6.04 Å². The molecule has 0 radical (unpaired) electrons. The quantitative estimate of drug-likeness (QED) is 0.647. The molecular weight excluding hydrogens is 146 g/mol. The Morgan fingerprint density at radius 2 is 1.67 bits per heavy atom. The molecule has 0 bridgehead atoms. The lowest BCUT2D eigenvalue weighted by molar-refractivity contribution is 0.370. The standard InChI is InChI=1S/C11H25N/c1-6-7-11(8-9(2)3)12-10(4)5/h9-12H,6-8H2,1-5H3. The van der Waals surface area contributed by atoms with Gasteiger partial charge in [-0.15, -0.1) is 0 Å². The van der Waals surface area contributed by atoms with Gasteiger partial charge < -0.3 is 5.32 Å². The molecule has 1 atom stereocenters. The summed E-state index contributed by atoms with van der Waals surface area (Å²) >= 11 is 0. The van der Waals surface area contributed by atoms with Crippen molar-refractivity contribution in [2.75, 3.05) is 0 Å². The zero-order chi connectivity index (χ0) is 9.56. The average Bonchev–Trinajstić information content (AvgIpc) is 1.84. The minimum atomic E-state index is 0.625. The molecule has 1 N–H and O–H groups in total. The molecule has 0 amide bonds. The first-order valence-corrected chi connectivity index (χ1v) is 5.32. The number of rotatable bonds is 6. The van der Waals surface area contributed by atoms with Crippen LogP contribution in [0.3, 0.4) is 0 Å². The molecular formula is C11H25N. The number of nitrogens with one attached hydrogen (secondary N) is 1. The monoisotopic (exact) mass is 171 g/mol. The van der Waals surface area contributed by atoms with Crippen molar-refractivity contribution >= 4 is 0 Å². The highest BCUT2D eigenvalue weighted by Crippen LogP contribution is 2.10. The largest absolute Gasteiger partial charge is 0.312 e. The second kappa shape index (κ2) is 6.47. The molecule has 0 aliphatic rings. The third-order valence-corrected chi connectivity index (χ3v) is 1.96. The number of hydrogen-bond acceptors (Lipinski definition) is 1. The summed E-state index contributed by atoms with van der Waals surface area (Å²) in [5, 5.41) is 3.61. The molecule has 0 aliphatic carbocycles. The Balaban J connectivity index is 3.69. The second-order valence-corrected chi connectivity index (χ2v) is 4.44. The highest BCUT2D eigenvalue weighted by Gasteiger charge is 2.09. The fraction of sp³-hybridized carbons (Fsp3) is 1.00. The molecule has 0 saturated carbocycles. The summed E-state index contributed by atoms with van der Waals surface area (Å²) in [4.78, 5) is 0. The third kappa shape index (κ3) is 6.66. The van der Waals surface area contributed by atoms with Gasteiger partial charge in [-0.2, -0.15) is 0 Å². The molecule has 0 aromatic carbocycles. The molecule has 0 rings (SSSR count). The van der Waals surface area contributed by atoms with Crippen LogP contribution in [0.1, 0.15) is 53.9 Å². The lowest BCUT2D eigenvalue weighted by Gasteiger charge is -2.22. The summed E-state index contributed by atoms with van der Waals surface area (Å²) in [6, 6.07) is 1.36. The lowest BCUT2D eigenvalue weighted by Crippen LogP contribution is -2.35. The van der Waals surface area contributed by atoms with Gasteiger partial charge in [0.15, 0.2) is 0 Å². The molecule has 1 unspecified atom stereocenters. The van der Waals surface area contributed by atoms with Gasteiger partial charge in [0.2, 0.25) is 0 Å². The van der Waals surface area contributed by atoms with E-state index in [-0.39, 0.29) is 0 Å². The Labute approximate surface area is 77.9 Å². The van der Waals surface area contributed by atoms with Gasteiger partial charge >= 0.3 is 0 Å². The first kappa shape index (κ1) is 12.0. The van der Waals surface area contributed by atoms with Crippen molar-refractivity contribution in [3.05, 3.63) is 0 Å². The maximum atomic E-state index is 3.61. The van der Waals surface area contributed by atoms with Crippen LogP contribution in [-0.4, -0.2) is 12.1 Å².